The predicted octanol–water partition coefficient (Wildman–Crippen LogP) is 2.05. The maximum atomic E-state index is 11.9. The molecule has 0 bridgehead atoms. The second-order valence-corrected chi connectivity index (χ2v) is 6.43. The van der Waals surface area contributed by atoms with Crippen LogP contribution in [-0.2, 0) is 9.53 Å². The molecular weight excluding hydrogens is 348 g/mol. The Morgan fingerprint density at radius 3 is 2.70 bits per heavy atom. The number of hydrogen-bond donors (Lipinski definition) is 2. The van der Waals surface area contributed by atoms with Gasteiger partial charge in [-0.3, -0.25) is 4.79 Å². The molecule has 0 saturated carbocycles. The zero-order valence-corrected chi connectivity index (χ0v) is 16.0. The number of ether oxygens (including phenoxy) is 3. The number of fused-ring (bicyclic) bond motifs is 1. The lowest BCUT2D eigenvalue weighted by atomic mass is 10.1. The lowest BCUT2D eigenvalue weighted by Gasteiger charge is -2.12. The van der Waals surface area contributed by atoms with Gasteiger partial charge in [0.2, 0.25) is 11.9 Å². The Kier molecular flexibility index (Phi) is 6.28. The molecule has 1 fully saturated rings. The summed E-state index contributed by atoms with van der Waals surface area (Å²) >= 11 is 0. The Morgan fingerprint density at radius 1 is 1.22 bits per heavy atom. The third-order valence-corrected chi connectivity index (χ3v) is 4.55. The van der Waals surface area contributed by atoms with Crippen molar-refractivity contribution >= 4 is 22.8 Å². The van der Waals surface area contributed by atoms with Crippen LogP contribution >= 0.6 is 0 Å². The molecule has 27 heavy (non-hydrogen) atoms. The molecule has 1 unspecified atom stereocenters. The number of carbonyl (C=O) groups is 1. The maximum Gasteiger partial charge on any atom is 0.249 e. The number of carbonyl (C=O) groups excluding carboxylic acids is 1. The number of benzene rings is 1. The molecular formula is C19H26N4O4. The summed E-state index contributed by atoms with van der Waals surface area (Å²) in [6, 6.07) is 3.73. The number of aromatic nitrogens is 2. The minimum Gasteiger partial charge on any atom is -0.493 e. The highest BCUT2D eigenvalue weighted by Crippen LogP contribution is 2.32. The highest BCUT2D eigenvalue weighted by atomic mass is 16.5. The standard InChI is InChI=1S/C19H26N4O4/c1-12-13-10-16(25-2)17(26-3)11-14(13)23-19(22-12)21-8-5-7-20-18(24)15-6-4-9-27-15/h10-11,15H,4-9H2,1-3H3,(H,20,24)(H,21,22,23). The molecule has 1 aromatic carbocycles. The van der Waals surface area contributed by atoms with Crippen molar-refractivity contribution in [1.82, 2.24) is 15.3 Å². The highest BCUT2D eigenvalue weighted by Gasteiger charge is 2.22. The van der Waals surface area contributed by atoms with E-state index >= 15 is 0 Å². The second-order valence-electron chi connectivity index (χ2n) is 6.43. The Morgan fingerprint density at radius 2 is 2.00 bits per heavy atom. The number of hydrogen-bond acceptors (Lipinski definition) is 7. The van der Waals surface area contributed by atoms with Gasteiger partial charge in [-0.1, -0.05) is 0 Å². The van der Waals surface area contributed by atoms with Gasteiger partial charge in [-0.25, -0.2) is 9.97 Å². The summed E-state index contributed by atoms with van der Waals surface area (Å²) in [7, 11) is 3.20. The summed E-state index contributed by atoms with van der Waals surface area (Å²) in [5, 5.41) is 7.03. The molecule has 8 nitrogen and oxygen atoms in total. The van der Waals surface area contributed by atoms with Crippen LogP contribution in [0.15, 0.2) is 12.1 Å². The Balaban J connectivity index is 1.56. The molecule has 1 amide bonds. The van der Waals surface area contributed by atoms with E-state index in [0.717, 1.165) is 35.9 Å². The monoisotopic (exact) mass is 374 g/mol. The molecule has 1 saturated heterocycles. The smallest absolute Gasteiger partial charge is 0.249 e. The number of methoxy groups -OCH3 is 2. The molecule has 2 aromatic rings. The van der Waals surface area contributed by atoms with E-state index in [2.05, 4.69) is 20.6 Å². The van der Waals surface area contributed by atoms with Gasteiger partial charge in [-0.2, -0.15) is 0 Å². The van der Waals surface area contributed by atoms with Gasteiger partial charge in [0, 0.05) is 31.1 Å². The molecule has 2 heterocycles. The van der Waals surface area contributed by atoms with Crippen LogP contribution in [0.1, 0.15) is 25.0 Å². The van der Waals surface area contributed by atoms with Gasteiger partial charge >= 0.3 is 0 Å². The van der Waals surface area contributed by atoms with E-state index in [1.54, 1.807) is 14.2 Å². The van der Waals surface area contributed by atoms with Crippen molar-refractivity contribution in [2.45, 2.75) is 32.3 Å². The van der Waals surface area contributed by atoms with Crippen LogP contribution in [0.3, 0.4) is 0 Å². The second kappa shape index (κ2) is 8.85. The van der Waals surface area contributed by atoms with Gasteiger partial charge in [0.15, 0.2) is 11.5 Å². The lowest BCUT2D eigenvalue weighted by molar-refractivity contribution is -0.130. The zero-order valence-electron chi connectivity index (χ0n) is 16.0. The van der Waals surface area contributed by atoms with Crippen molar-refractivity contribution in [3.63, 3.8) is 0 Å². The minimum atomic E-state index is -0.281. The number of nitrogens with one attached hydrogen (secondary N) is 2. The van der Waals surface area contributed by atoms with Crippen LogP contribution in [0.5, 0.6) is 11.5 Å². The molecule has 0 aliphatic carbocycles. The van der Waals surface area contributed by atoms with Crippen LogP contribution in [-0.4, -0.2) is 55.9 Å². The average molecular weight is 374 g/mol. The van der Waals surface area contributed by atoms with Gasteiger partial charge in [-0.15, -0.1) is 0 Å². The number of rotatable bonds is 8. The fraction of sp³-hybridized carbons (Fsp3) is 0.526. The van der Waals surface area contributed by atoms with Crippen LogP contribution in [0.25, 0.3) is 10.9 Å². The number of amides is 1. The summed E-state index contributed by atoms with van der Waals surface area (Å²) in [4.78, 5) is 20.9. The minimum absolute atomic E-state index is 0.0219. The lowest BCUT2D eigenvalue weighted by Crippen LogP contribution is -2.35. The van der Waals surface area contributed by atoms with Crippen LogP contribution in [0, 0.1) is 6.92 Å². The molecule has 2 N–H and O–H groups in total. The Bertz CT molecular complexity index is 806. The molecule has 8 heteroatoms. The van der Waals surface area contributed by atoms with Crippen molar-refractivity contribution in [3.05, 3.63) is 17.8 Å². The third kappa shape index (κ3) is 4.57. The molecule has 0 spiro atoms. The first-order valence-corrected chi connectivity index (χ1v) is 9.16. The third-order valence-electron chi connectivity index (χ3n) is 4.55. The summed E-state index contributed by atoms with van der Waals surface area (Å²) in [6.07, 6.45) is 2.25. The maximum absolute atomic E-state index is 11.9. The molecule has 1 aromatic heterocycles. The summed E-state index contributed by atoms with van der Waals surface area (Å²) < 4.78 is 16.0. The topological polar surface area (TPSA) is 94.6 Å². The molecule has 146 valence electrons. The fourth-order valence-electron chi connectivity index (χ4n) is 3.09. The average Bonchev–Trinajstić information content (AvgIpc) is 3.21. The van der Waals surface area contributed by atoms with Gasteiger partial charge in [-0.05, 0) is 32.3 Å². The first-order chi connectivity index (χ1) is 13.1. The fourth-order valence-corrected chi connectivity index (χ4v) is 3.09. The number of aryl methyl sites for hydroxylation is 1. The Labute approximate surface area is 158 Å². The summed E-state index contributed by atoms with van der Waals surface area (Å²) in [6.45, 7) is 3.85. The largest absolute Gasteiger partial charge is 0.493 e. The van der Waals surface area contributed by atoms with Crippen molar-refractivity contribution < 1.29 is 19.0 Å². The van der Waals surface area contributed by atoms with Gasteiger partial charge in [0.1, 0.15) is 6.10 Å². The van der Waals surface area contributed by atoms with Crippen LogP contribution < -0.4 is 20.1 Å². The molecule has 0 radical (unpaired) electrons. The van der Waals surface area contributed by atoms with Crippen molar-refractivity contribution in [2.24, 2.45) is 0 Å². The summed E-state index contributed by atoms with van der Waals surface area (Å²) in [5.74, 6) is 1.81. The summed E-state index contributed by atoms with van der Waals surface area (Å²) in [5.41, 5.74) is 1.64. The normalized spacial score (nSPS) is 16.3. The van der Waals surface area contributed by atoms with Crippen molar-refractivity contribution in [1.29, 1.82) is 0 Å². The highest BCUT2D eigenvalue weighted by molar-refractivity contribution is 5.85. The first kappa shape index (κ1) is 19.2. The van der Waals surface area contributed by atoms with Gasteiger partial charge < -0.3 is 24.8 Å². The van der Waals surface area contributed by atoms with Crippen LogP contribution in [0.4, 0.5) is 5.95 Å². The van der Waals surface area contributed by atoms with Crippen molar-refractivity contribution in [2.75, 3.05) is 39.2 Å². The first-order valence-electron chi connectivity index (χ1n) is 9.16. The van der Waals surface area contributed by atoms with E-state index in [1.807, 2.05) is 19.1 Å². The van der Waals surface area contributed by atoms with E-state index in [9.17, 15) is 4.79 Å². The van der Waals surface area contributed by atoms with E-state index in [1.165, 1.54) is 0 Å². The van der Waals surface area contributed by atoms with Crippen molar-refractivity contribution in [3.8, 4) is 11.5 Å². The molecule has 1 aliphatic heterocycles. The zero-order chi connectivity index (χ0) is 19.2. The molecule has 3 rings (SSSR count). The van der Waals surface area contributed by atoms with E-state index in [0.29, 0.717) is 37.1 Å². The predicted molar refractivity (Wildman–Crippen MR) is 102 cm³/mol. The number of nitrogens with zero attached hydrogens (tertiary/aromatic N) is 2. The quantitative estimate of drug-likeness (QED) is 0.683. The van der Waals surface area contributed by atoms with E-state index in [4.69, 9.17) is 14.2 Å². The van der Waals surface area contributed by atoms with E-state index in [-0.39, 0.29) is 12.0 Å². The SMILES string of the molecule is COc1cc2nc(NCCCNC(=O)C3CCCO3)nc(C)c2cc1OC. The Hall–Kier alpha value is -2.61. The number of anilines is 1. The van der Waals surface area contributed by atoms with Gasteiger partial charge in [0.25, 0.3) is 0 Å². The van der Waals surface area contributed by atoms with Crippen LogP contribution in [0.2, 0.25) is 0 Å². The van der Waals surface area contributed by atoms with Gasteiger partial charge in [0.05, 0.1) is 25.4 Å². The molecule has 1 aliphatic rings. The van der Waals surface area contributed by atoms with E-state index < -0.39 is 0 Å². The molecule has 1 atom stereocenters.